The van der Waals surface area contributed by atoms with E-state index in [-0.39, 0.29) is 0 Å². The van der Waals surface area contributed by atoms with Gasteiger partial charge in [0, 0.05) is 6.54 Å². The average molecular weight is 198 g/mol. The van der Waals surface area contributed by atoms with Crippen LogP contribution in [-0.2, 0) is 0 Å². The van der Waals surface area contributed by atoms with Crippen LogP contribution in [0.5, 0.6) is 0 Å². The van der Waals surface area contributed by atoms with Crippen LogP contribution in [0.2, 0.25) is 0 Å². The first kappa shape index (κ1) is 12.0. The molecule has 1 rings (SSSR count). The van der Waals surface area contributed by atoms with Gasteiger partial charge in [-0.25, -0.2) is 0 Å². The predicted molar refractivity (Wildman–Crippen MR) is 62.3 cm³/mol. The molecule has 14 heavy (non-hydrogen) atoms. The lowest BCUT2D eigenvalue weighted by atomic mass is 9.69. The van der Waals surface area contributed by atoms with Gasteiger partial charge in [0.2, 0.25) is 0 Å². The normalized spacial score (nSPS) is 20.6. The van der Waals surface area contributed by atoms with Crippen molar-refractivity contribution in [1.82, 2.24) is 5.32 Å². The maximum Gasteiger partial charge on any atom is 0.00199 e. The zero-order valence-corrected chi connectivity index (χ0v) is 10.0. The molecule has 1 fully saturated rings. The molecule has 0 saturated heterocycles. The third kappa shape index (κ3) is 3.58. The lowest BCUT2D eigenvalue weighted by molar-refractivity contribution is 0.139. The summed E-state index contributed by atoms with van der Waals surface area (Å²) in [6.45, 7) is 9.98. The van der Waals surface area contributed by atoms with Gasteiger partial charge >= 0.3 is 0 Å². The van der Waals surface area contributed by atoms with Crippen LogP contribution in [0, 0.1) is 10.8 Å². The Kier molecular flexibility index (Phi) is 3.96. The first-order valence-corrected chi connectivity index (χ1v) is 5.88. The first-order valence-electron chi connectivity index (χ1n) is 5.88. The van der Waals surface area contributed by atoms with Gasteiger partial charge < -0.3 is 11.1 Å². The molecule has 0 aromatic heterocycles. The smallest absolute Gasteiger partial charge is 0.00199 e. The Hall–Kier alpha value is -0.0800. The van der Waals surface area contributed by atoms with E-state index in [0.29, 0.717) is 10.8 Å². The highest BCUT2D eigenvalue weighted by Crippen LogP contribution is 2.39. The Morgan fingerprint density at radius 1 is 1.29 bits per heavy atom. The highest BCUT2D eigenvalue weighted by atomic mass is 14.9. The number of hydrogen-bond donors (Lipinski definition) is 2. The van der Waals surface area contributed by atoms with Crippen molar-refractivity contribution in [2.24, 2.45) is 16.6 Å². The van der Waals surface area contributed by atoms with Gasteiger partial charge in [-0.2, -0.15) is 0 Å². The van der Waals surface area contributed by atoms with E-state index in [1.807, 2.05) is 0 Å². The molecule has 0 bridgehead atoms. The van der Waals surface area contributed by atoms with E-state index in [9.17, 15) is 0 Å². The fourth-order valence-electron chi connectivity index (χ4n) is 1.95. The maximum absolute atomic E-state index is 5.80. The van der Waals surface area contributed by atoms with Gasteiger partial charge in [-0.3, -0.25) is 0 Å². The molecule has 0 heterocycles. The van der Waals surface area contributed by atoms with Crippen molar-refractivity contribution >= 4 is 0 Å². The summed E-state index contributed by atoms with van der Waals surface area (Å²) in [5, 5.41) is 3.56. The van der Waals surface area contributed by atoms with Crippen LogP contribution in [0.4, 0.5) is 0 Å². The minimum atomic E-state index is 0.447. The first-order chi connectivity index (χ1) is 6.47. The molecule has 0 atom stereocenters. The fraction of sp³-hybridized carbons (Fsp3) is 1.00. The largest absolute Gasteiger partial charge is 0.330 e. The van der Waals surface area contributed by atoms with Gasteiger partial charge in [-0.15, -0.1) is 0 Å². The van der Waals surface area contributed by atoms with Crippen molar-refractivity contribution < 1.29 is 0 Å². The molecule has 3 N–H and O–H groups in total. The molecule has 0 aromatic rings. The van der Waals surface area contributed by atoms with Crippen LogP contribution in [0.15, 0.2) is 0 Å². The van der Waals surface area contributed by atoms with Gasteiger partial charge in [-0.05, 0) is 43.2 Å². The zero-order valence-electron chi connectivity index (χ0n) is 10.0. The van der Waals surface area contributed by atoms with Crippen LogP contribution < -0.4 is 11.1 Å². The lowest BCUT2D eigenvalue weighted by Gasteiger charge is -2.41. The minimum Gasteiger partial charge on any atom is -0.330 e. The average Bonchev–Trinajstić information content (AvgIpc) is 2.00. The summed E-state index contributed by atoms with van der Waals surface area (Å²) >= 11 is 0. The van der Waals surface area contributed by atoms with E-state index >= 15 is 0 Å². The molecule has 0 unspecified atom stereocenters. The van der Waals surface area contributed by atoms with Crippen molar-refractivity contribution in [2.75, 3.05) is 19.6 Å². The molecule has 84 valence electrons. The molecule has 1 saturated carbocycles. The fourth-order valence-corrected chi connectivity index (χ4v) is 1.95. The SMILES string of the molecule is CC(C)(C)CCNCC1(CN)CCC1. The van der Waals surface area contributed by atoms with Crippen molar-refractivity contribution in [1.29, 1.82) is 0 Å². The van der Waals surface area contributed by atoms with Gasteiger partial charge in [-0.1, -0.05) is 27.2 Å². The third-order valence-corrected chi connectivity index (χ3v) is 3.40. The van der Waals surface area contributed by atoms with Gasteiger partial charge in [0.15, 0.2) is 0 Å². The molecule has 2 heteroatoms. The Morgan fingerprint density at radius 2 is 1.93 bits per heavy atom. The number of nitrogens with two attached hydrogens (primary N) is 1. The zero-order chi connectivity index (χ0) is 10.7. The molecule has 0 aliphatic heterocycles. The quantitative estimate of drug-likeness (QED) is 0.664. The second-order valence-electron chi connectivity index (χ2n) is 6.05. The summed E-state index contributed by atoms with van der Waals surface area (Å²) in [5.74, 6) is 0. The molecule has 1 aliphatic rings. The second-order valence-corrected chi connectivity index (χ2v) is 6.05. The van der Waals surface area contributed by atoms with Crippen molar-refractivity contribution in [3.8, 4) is 0 Å². The van der Waals surface area contributed by atoms with E-state index < -0.39 is 0 Å². The summed E-state index contributed by atoms with van der Waals surface area (Å²) in [7, 11) is 0. The van der Waals surface area contributed by atoms with Gasteiger partial charge in [0.1, 0.15) is 0 Å². The molecule has 0 radical (unpaired) electrons. The second kappa shape index (κ2) is 4.63. The monoisotopic (exact) mass is 198 g/mol. The van der Waals surface area contributed by atoms with E-state index in [2.05, 4.69) is 26.1 Å². The topological polar surface area (TPSA) is 38.0 Å². The molecule has 2 nitrogen and oxygen atoms in total. The Balaban J connectivity index is 2.09. The van der Waals surface area contributed by atoms with E-state index in [0.717, 1.165) is 19.6 Å². The Labute approximate surface area is 88.6 Å². The van der Waals surface area contributed by atoms with Crippen molar-refractivity contribution in [3.63, 3.8) is 0 Å². The Morgan fingerprint density at radius 3 is 2.29 bits per heavy atom. The summed E-state index contributed by atoms with van der Waals surface area (Å²) in [4.78, 5) is 0. The number of hydrogen-bond acceptors (Lipinski definition) is 2. The van der Waals surface area contributed by atoms with Crippen LogP contribution in [-0.4, -0.2) is 19.6 Å². The molecular weight excluding hydrogens is 172 g/mol. The Bertz CT molecular complexity index is 160. The number of nitrogens with one attached hydrogen (secondary N) is 1. The van der Waals surface area contributed by atoms with Crippen LogP contribution in [0.1, 0.15) is 46.5 Å². The van der Waals surface area contributed by atoms with Crippen LogP contribution in [0.25, 0.3) is 0 Å². The van der Waals surface area contributed by atoms with Crippen LogP contribution in [0.3, 0.4) is 0 Å². The standard InChI is InChI=1S/C12H26N2/c1-11(2,3)7-8-14-10-12(9-13)5-4-6-12/h14H,4-10,13H2,1-3H3. The highest BCUT2D eigenvalue weighted by molar-refractivity contribution is 4.90. The third-order valence-electron chi connectivity index (χ3n) is 3.40. The highest BCUT2D eigenvalue weighted by Gasteiger charge is 2.34. The summed E-state index contributed by atoms with van der Waals surface area (Å²) in [5.41, 5.74) is 6.70. The molecule has 1 aliphatic carbocycles. The minimum absolute atomic E-state index is 0.447. The lowest BCUT2D eigenvalue weighted by Crippen LogP contribution is -2.45. The molecular formula is C12H26N2. The summed E-state index contributed by atoms with van der Waals surface area (Å²) in [6, 6.07) is 0. The number of rotatable bonds is 5. The molecule has 0 spiro atoms. The van der Waals surface area contributed by atoms with Crippen LogP contribution >= 0.6 is 0 Å². The van der Waals surface area contributed by atoms with Crippen molar-refractivity contribution in [3.05, 3.63) is 0 Å². The van der Waals surface area contributed by atoms with E-state index in [1.54, 1.807) is 0 Å². The summed E-state index contributed by atoms with van der Waals surface area (Å²) in [6.07, 6.45) is 5.27. The molecule has 0 aromatic carbocycles. The van der Waals surface area contributed by atoms with E-state index in [1.165, 1.54) is 25.7 Å². The van der Waals surface area contributed by atoms with Crippen molar-refractivity contribution in [2.45, 2.75) is 46.5 Å². The van der Waals surface area contributed by atoms with Gasteiger partial charge in [0.25, 0.3) is 0 Å². The maximum atomic E-state index is 5.80. The molecule has 0 amide bonds. The summed E-state index contributed by atoms with van der Waals surface area (Å²) < 4.78 is 0. The van der Waals surface area contributed by atoms with Gasteiger partial charge in [0.05, 0.1) is 0 Å². The predicted octanol–water partition coefficient (Wildman–Crippen LogP) is 2.14. The van der Waals surface area contributed by atoms with E-state index in [4.69, 9.17) is 5.73 Å².